The number of nitrogens with two attached hydrogens (primary N) is 1. The van der Waals surface area contributed by atoms with Crippen molar-refractivity contribution in [3.8, 4) is 0 Å². The van der Waals surface area contributed by atoms with Crippen LogP contribution in [0.15, 0.2) is 12.1 Å². The molecule has 0 saturated carbocycles. The predicted octanol–water partition coefficient (Wildman–Crippen LogP) is 1.05. The van der Waals surface area contributed by atoms with Crippen LogP contribution in [0.25, 0.3) is 0 Å². The number of rotatable bonds is 4. The number of primary amides is 1. The Morgan fingerprint density at radius 3 is 2.19 bits per heavy atom. The van der Waals surface area contributed by atoms with E-state index in [1.165, 1.54) is 13.8 Å². The molecule has 0 heterocycles. The Balaban J connectivity index is 3.03. The number of carbonyl (C=O) groups excluding carboxylic acids is 2. The topological polar surface area (TPSA) is 122 Å². The van der Waals surface area contributed by atoms with Crippen molar-refractivity contribution in [2.24, 2.45) is 5.73 Å². The molecule has 1 aromatic carbocycles. The van der Waals surface area contributed by atoms with Crippen molar-refractivity contribution in [2.45, 2.75) is 19.4 Å². The summed E-state index contributed by atoms with van der Waals surface area (Å²) >= 11 is 0. The number of carboxylic acid groups (broad SMARTS) is 1. The van der Waals surface area contributed by atoms with Gasteiger partial charge in [0.25, 0.3) is 0 Å². The summed E-state index contributed by atoms with van der Waals surface area (Å²) < 4.78 is 26.1. The lowest BCUT2D eigenvalue weighted by Gasteiger charge is -2.22. The van der Waals surface area contributed by atoms with E-state index in [9.17, 15) is 23.2 Å². The van der Waals surface area contributed by atoms with Gasteiger partial charge in [0.15, 0.2) is 11.6 Å². The van der Waals surface area contributed by atoms with Crippen LogP contribution in [-0.4, -0.2) is 28.6 Å². The van der Waals surface area contributed by atoms with Crippen molar-refractivity contribution in [3.05, 3.63) is 29.3 Å². The molecule has 0 aromatic heterocycles. The van der Waals surface area contributed by atoms with Gasteiger partial charge in [-0.15, -0.1) is 0 Å². The summed E-state index contributed by atoms with van der Waals surface area (Å²) in [5.41, 5.74) is 2.54. The number of carboxylic acids is 1. The second-order valence-electron chi connectivity index (χ2n) is 4.69. The lowest BCUT2D eigenvalue weighted by Crippen LogP contribution is -2.54. The van der Waals surface area contributed by atoms with E-state index in [2.05, 4.69) is 5.32 Å². The molecule has 0 aliphatic carbocycles. The molecule has 0 saturated heterocycles. The van der Waals surface area contributed by atoms with Gasteiger partial charge in [-0.25, -0.2) is 18.4 Å². The van der Waals surface area contributed by atoms with Crippen molar-refractivity contribution >= 4 is 23.6 Å². The van der Waals surface area contributed by atoms with E-state index in [0.717, 1.165) is 0 Å². The third-order valence-electron chi connectivity index (χ3n) is 2.58. The Morgan fingerprint density at radius 1 is 1.19 bits per heavy atom. The minimum atomic E-state index is -1.56. The van der Waals surface area contributed by atoms with Crippen LogP contribution in [0.3, 0.4) is 0 Å². The molecule has 0 bridgehead atoms. The summed E-state index contributed by atoms with van der Waals surface area (Å²) in [5, 5.41) is 13.1. The normalized spacial score (nSPS) is 10.9. The Morgan fingerprint density at radius 2 is 1.71 bits per heavy atom. The van der Waals surface area contributed by atoms with E-state index in [-0.39, 0.29) is 0 Å². The molecule has 0 aliphatic heterocycles. The summed E-state index contributed by atoms with van der Waals surface area (Å²) in [6.07, 6.45) is 0. The molecule has 1 aromatic rings. The summed E-state index contributed by atoms with van der Waals surface area (Å²) in [6.45, 7) is 2.64. The molecule has 3 amide bonds. The van der Waals surface area contributed by atoms with Crippen molar-refractivity contribution in [1.82, 2.24) is 5.32 Å². The summed E-state index contributed by atoms with van der Waals surface area (Å²) in [7, 11) is 0. The van der Waals surface area contributed by atoms with E-state index in [0.29, 0.717) is 12.1 Å². The molecule has 0 unspecified atom stereocenters. The second kappa shape index (κ2) is 5.73. The highest BCUT2D eigenvalue weighted by molar-refractivity contribution is 6.01. The van der Waals surface area contributed by atoms with Gasteiger partial charge in [0, 0.05) is 6.07 Å². The van der Waals surface area contributed by atoms with Gasteiger partial charge in [-0.2, -0.15) is 0 Å². The van der Waals surface area contributed by atoms with Gasteiger partial charge in [0.05, 0.1) is 11.3 Å². The smallest absolute Gasteiger partial charge is 0.337 e. The maximum absolute atomic E-state index is 13.1. The van der Waals surface area contributed by atoms with E-state index in [1.807, 2.05) is 5.32 Å². The largest absolute Gasteiger partial charge is 0.478 e. The Labute approximate surface area is 118 Å². The number of benzene rings is 1. The van der Waals surface area contributed by atoms with Crippen LogP contribution in [0.2, 0.25) is 0 Å². The lowest BCUT2D eigenvalue weighted by molar-refractivity contribution is -0.122. The number of nitrogens with one attached hydrogen (secondary N) is 2. The van der Waals surface area contributed by atoms with Crippen molar-refractivity contribution in [2.75, 3.05) is 5.32 Å². The van der Waals surface area contributed by atoms with Gasteiger partial charge in [0.1, 0.15) is 5.54 Å². The number of halogens is 2. The predicted molar refractivity (Wildman–Crippen MR) is 68.7 cm³/mol. The van der Waals surface area contributed by atoms with E-state index >= 15 is 0 Å². The zero-order valence-corrected chi connectivity index (χ0v) is 11.2. The van der Waals surface area contributed by atoms with Crippen LogP contribution in [0.1, 0.15) is 24.2 Å². The average molecular weight is 301 g/mol. The molecule has 5 N–H and O–H groups in total. The molecule has 114 valence electrons. The lowest BCUT2D eigenvalue weighted by atomic mass is 10.1. The molecule has 0 atom stereocenters. The second-order valence-corrected chi connectivity index (χ2v) is 4.69. The fourth-order valence-electron chi connectivity index (χ4n) is 1.33. The first-order chi connectivity index (χ1) is 9.54. The van der Waals surface area contributed by atoms with E-state index in [1.54, 1.807) is 0 Å². The van der Waals surface area contributed by atoms with E-state index < -0.39 is 46.3 Å². The van der Waals surface area contributed by atoms with E-state index in [4.69, 9.17) is 10.8 Å². The number of anilines is 1. The zero-order valence-electron chi connectivity index (χ0n) is 11.2. The van der Waals surface area contributed by atoms with Gasteiger partial charge >= 0.3 is 12.0 Å². The maximum atomic E-state index is 13.1. The summed E-state index contributed by atoms with van der Waals surface area (Å²) in [5.74, 6) is -5.08. The Hall–Kier alpha value is -2.71. The molecule has 0 spiro atoms. The third kappa shape index (κ3) is 3.88. The molecule has 7 nitrogen and oxygen atoms in total. The molecule has 0 fully saturated rings. The molecule has 0 radical (unpaired) electrons. The van der Waals surface area contributed by atoms with Crippen LogP contribution in [-0.2, 0) is 4.79 Å². The fourth-order valence-corrected chi connectivity index (χ4v) is 1.33. The van der Waals surface area contributed by atoms with Crippen LogP contribution >= 0.6 is 0 Å². The third-order valence-corrected chi connectivity index (χ3v) is 2.58. The first-order valence-corrected chi connectivity index (χ1v) is 5.66. The zero-order chi connectivity index (χ0) is 16.4. The minimum Gasteiger partial charge on any atom is -0.478 e. The SMILES string of the molecule is CC(C)(NC(=O)Nc1cc(F)c(F)cc1C(=O)O)C(N)=O. The number of urea groups is 1. The van der Waals surface area contributed by atoms with Gasteiger partial charge in [-0.1, -0.05) is 0 Å². The number of amides is 3. The Kier molecular flexibility index (Phi) is 4.46. The highest BCUT2D eigenvalue weighted by Gasteiger charge is 2.27. The van der Waals surface area contributed by atoms with Crippen molar-refractivity contribution in [3.63, 3.8) is 0 Å². The standard InChI is InChI=1S/C12H13F2N3O4/c1-12(2,10(15)20)17-11(21)16-8-4-7(14)6(13)3-5(8)9(18)19/h3-4H,1-2H3,(H2,15,20)(H,18,19)(H2,16,17,21). The molecular formula is C12H13F2N3O4. The fraction of sp³-hybridized carbons (Fsp3) is 0.250. The van der Waals surface area contributed by atoms with Gasteiger partial charge in [-0.3, -0.25) is 4.79 Å². The number of aromatic carboxylic acids is 1. The van der Waals surface area contributed by atoms with Crippen molar-refractivity contribution in [1.29, 1.82) is 0 Å². The van der Waals surface area contributed by atoms with Crippen LogP contribution in [0, 0.1) is 11.6 Å². The minimum absolute atomic E-state index is 0.437. The average Bonchev–Trinajstić information content (AvgIpc) is 2.32. The highest BCUT2D eigenvalue weighted by atomic mass is 19.2. The molecule has 0 aliphatic rings. The van der Waals surface area contributed by atoms with Gasteiger partial charge in [0.2, 0.25) is 5.91 Å². The molecule has 9 heteroatoms. The van der Waals surface area contributed by atoms with Crippen LogP contribution in [0.4, 0.5) is 19.3 Å². The summed E-state index contributed by atoms with van der Waals surface area (Å²) in [4.78, 5) is 33.6. The van der Waals surface area contributed by atoms with Crippen LogP contribution < -0.4 is 16.4 Å². The maximum Gasteiger partial charge on any atom is 0.337 e. The van der Waals surface area contributed by atoms with Gasteiger partial charge < -0.3 is 21.5 Å². The number of carbonyl (C=O) groups is 3. The van der Waals surface area contributed by atoms with Crippen LogP contribution in [0.5, 0.6) is 0 Å². The van der Waals surface area contributed by atoms with Crippen molar-refractivity contribution < 1.29 is 28.3 Å². The molecular weight excluding hydrogens is 288 g/mol. The summed E-state index contributed by atoms with van der Waals surface area (Å²) in [6, 6.07) is -0.0328. The molecule has 1 rings (SSSR count). The quantitative estimate of drug-likeness (QED) is 0.664. The Bertz CT molecular complexity index is 617. The highest BCUT2D eigenvalue weighted by Crippen LogP contribution is 2.20. The monoisotopic (exact) mass is 301 g/mol. The number of hydrogen-bond donors (Lipinski definition) is 4. The first kappa shape index (κ1) is 16.3. The van der Waals surface area contributed by atoms with Gasteiger partial charge in [-0.05, 0) is 19.9 Å². The first-order valence-electron chi connectivity index (χ1n) is 5.66. The number of hydrogen-bond acceptors (Lipinski definition) is 3. The molecule has 21 heavy (non-hydrogen) atoms.